The van der Waals surface area contributed by atoms with E-state index in [0.717, 1.165) is 25.7 Å². The smallest absolute Gasteiger partial charge is 0.409 e. The van der Waals surface area contributed by atoms with Gasteiger partial charge in [0.15, 0.2) is 0 Å². The van der Waals surface area contributed by atoms with Gasteiger partial charge in [-0.1, -0.05) is 19.3 Å². The van der Waals surface area contributed by atoms with Crippen molar-refractivity contribution in [1.29, 1.82) is 0 Å². The Morgan fingerprint density at radius 3 is 1.92 bits per heavy atom. The zero-order valence-corrected chi connectivity index (χ0v) is 16.3. The minimum atomic E-state index is -1.10. The summed E-state index contributed by atoms with van der Waals surface area (Å²) >= 11 is 0. The Kier molecular flexibility index (Phi) is 7.29. The van der Waals surface area contributed by atoms with E-state index >= 15 is 0 Å². The highest BCUT2D eigenvalue weighted by Gasteiger charge is 2.38. The van der Waals surface area contributed by atoms with Gasteiger partial charge in [0.05, 0.1) is 6.61 Å². The Morgan fingerprint density at radius 2 is 1.42 bits per heavy atom. The second-order valence-corrected chi connectivity index (χ2v) is 7.87. The largest absolute Gasteiger partial charge is 0.450 e. The van der Waals surface area contributed by atoms with E-state index in [-0.39, 0.29) is 30.0 Å². The van der Waals surface area contributed by atoms with Gasteiger partial charge in [0.2, 0.25) is 11.8 Å². The molecule has 0 atom stereocenters. The number of likely N-dealkylation sites (tertiary alicyclic amines) is 1. The number of hydrogen-bond donors (Lipinski definition) is 2. The van der Waals surface area contributed by atoms with Crippen LogP contribution >= 0.6 is 0 Å². The van der Waals surface area contributed by atoms with Gasteiger partial charge in [0, 0.05) is 25.2 Å². The lowest BCUT2D eigenvalue weighted by atomic mass is 9.88. The van der Waals surface area contributed by atoms with Crippen molar-refractivity contribution in [2.75, 3.05) is 19.7 Å². The first-order valence-electron chi connectivity index (χ1n) is 9.88. The van der Waals surface area contributed by atoms with Gasteiger partial charge >= 0.3 is 6.09 Å². The fourth-order valence-corrected chi connectivity index (χ4v) is 3.50. The van der Waals surface area contributed by atoms with E-state index in [9.17, 15) is 14.4 Å². The molecule has 2 rings (SSSR count). The van der Waals surface area contributed by atoms with Gasteiger partial charge in [-0.15, -0.1) is 0 Å². The molecule has 7 nitrogen and oxygen atoms in total. The number of ether oxygens (including phenoxy) is 1. The van der Waals surface area contributed by atoms with Crippen molar-refractivity contribution in [3.63, 3.8) is 0 Å². The van der Waals surface area contributed by atoms with Crippen LogP contribution in [0.15, 0.2) is 0 Å². The Hall–Kier alpha value is -1.79. The second kappa shape index (κ2) is 9.24. The van der Waals surface area contributed by atoms with Crippen LogP contribution in [0.25, 0.3) is 0 Å². The summed E-state index contributed by atoms with van der Waals surface area (Å²) in [5, 5.41) is 6.03. The van der Waals surface area contributed by atoms with Gasteiger partial charge in [-0.3, -0.25) is 9.59 Å². The van der Waals surface area contributed by atoms with E-state index in [0.29, 0.717) is 32.5 Å². The number of nitrogens with one attached hydrogen (secondary N) is 2. The summed E-state index contributed by atoms with van der Waals surface area (Å²) in [6.07, 6.45) is 6.53. The molecule has 0 aromatic heterocycles. The summed E-state index contributed by atoms with van der Waals surface area (Å²) < 4.78 is 5.00. The van der Waals surface area contributed by atoms with Crippen LogP contribution in [0.5, 0.6) is 0 Å². The summed E-state index contributed by atoms with van der Waals surface area (Å²) in [7, 11) is 0. The molecular formula is C19H33N3O4. The third-order valence-corrected chi connectivity index (χ3v) is 5.43. The van der Waals surface area contributed by atoms with Gasteiger partial charge in [-0.25, -0.2) is 4.79 Å². The molecule has 2 N–H and O–H groups in total. The SMILES string of the molecule is CCOC(=O)N1CCC(NC(=O)C(C)(C)C(=O)NC2CCCCC2)CC1. The lowest BCUT2D eigenvalue weighted by Crippen LogP contribution is -2.54. The number of nitrogens with zero attached hydrogens (tertiary/aromatic N) is 1. The first kappa shape index (κ1) is 20.5. The van der Waals surface area contributed by atoms with Crippen LogP contribution in [-0.2, 0) is 14.3 Å². The number of piperidine rings is 1. The third-order valence-electron chi connectivity index (χ3n) is 5.43. The molecule has 0 radical (unpaired) electrons. The zero-order valence-electron chi connectivity index (χ0n) is 16.3. The molecule has 0 unspecified atom stereocenters. The Balaban J connectivity index is 1.80. The summed E-state index contributed by atoms with van der Waals surface area (Å²) in [6.45, 7) is 6.60. The lowest BCUT2D eigenvalue weighted by molar-refractivity contribution is -0.142. The third kappa shape index (κ3) is 5.35. The van der Waals surface area contributed by atoms with Gasteiger partial charge in [0.1, 0.15) is 5.41 Å². The maximum Gasteiger partial charge on any atom is 0.409 e. The fourth-order valence-electron chi connectivity index (χ4n) is 3.50. The maximum atomic E-state index is 12.7. The molecule has 2 fully saturated rings. The zero-order chi connectivity index (χ0) is 19.2. The highest BCUT2D eigenvalue weighted by atomic mass is 16.6. The Bertz CT molecular complexity index is 507. The molecule has 148 valence electrons. The van der Waals surface area contributed by atoms with Gasteiger partial charge in [-0.05, 0) is 46.5 Å². The summed E-state index contributed by atoms with van der Waals surface area (Å²) in [4.78, 5) is 38.6. The molecule has 0 spiro atoms. The van der Waals surface area contributed by atoms with Crippen LogP contribution in [0.2, 0.25) is 0 Å². The minimum Gasteiger partial charge on any atom is -0.450 e. The number of amides is 3. The van der Waals surface area contributed by atoms with Crippen LogP contribution in [0.3, 0.4) is 0 Å². The highest BCUT2D eigenvalue weighted by Crippen LogP contribution is 2.22. The number of rotatable bonds is 5. The van der Waals surface area contributed by atoms with Crippen molar-refractivity contribution in [1.82, 2.24) is 15.5 Å². The fraction of sp³-hybridized carbons (Fsp3) is 0.842. The van der Waals surface area contributed by atoms with Crippen LogP contribution in [-0.4, -0.2) is 54.6 Å². The molecule has 7 heteroatoms. The van der Waals surface area contributed by atoms with Crippen molar-refractivity contribution >= 4 is 17.9 Å². The number of hydrogen-bond acceptors (Lipinski definition) is 4. The van der Waals surface area contributed by atoms with E-state index in [4.69, 9.17) is 4.74 Å². The molecule has 1 saturated heterocycles. The quantitative estimate of drug-likeness (QED) is 0.729. The Morgan fingerprint density at radius 1 is 0.923 bits per heavy atom. The van der Waals surface area contributed by atoms with Crippen molar-refractivity contribution in [3.8, 4) is 0 Å². The van der Waals surface area contributed by atoms with E-state index in [2.05, 4.69) is 10.6 Å². The molecule has 1 aliphatic carbocycles. The normalized spacial score (nSPS) is 19.7. The molecule has 2 aliphatic rings. The molecule has 3 amide bonds. The molecule has 0 aromatic rings. The van der Waals surface area contributed by atoms with E-state index in [1.54, 1.807) is 25.7 Å². The molecule has 1 heterocycles. The molecule has 0 aromatic carbocycles. The van der Waals surface area contributed by atoms with Crippen molar-refractivity contribution < 1.29 is 19.1 Å². The van der Waals surface area contributed by atoms with Crippen LogP contribution < -0.4 is 10.6 Å². The summed E-state index contributed by atoms with van der Waals surface area (Å²) in [5.41, 5.74) is -1.10. The lowest BCUT2D eigenvalue weighted by Gasteiger charge is -2.34. The standard InChI is InChI=1S/C19H33N3O4/c1-4-26-18(25)22-12-10-15(11-13-22)21-17(24)19(2,3)16(23)20-14-8-6-5-7-9-14/h14-15H,4-13H2,1-3H3,(H,20,23)(H,21,24). The Labute approximate surface area is 156 Å². The minimum absolute atomic E-state index is 0.0186. The topological polar surface area (TPSA) is 87.7 Å². The first-order chi connectivity index (χ1) is 12.3. The highest BCUT2D eigenvalue weighted by molar-refractivity contribution is 6.04. The first-order valence-corrected chi connectivity index (χ1v) is 9.88. The van der Waals surface area contributed by atoms with Crippen LogP contribution in [0.1, 0.15) is 65.7 Å². The molecular weight excluding hydrogens is 334 g/mol. The maximum absolute atomic E-state index is 12.7. The predicted octanol–water partition coefficient (Wildman–Crippen LogP) is 2.20. The summed E-state index contributed by atoms with van der Waals surface area (Å²) in [6, 6.07) is 0.172. The van der Waals surface area contributed by atoms with Crippen molar-refractivity contribution in [2.24, 2.45) is 5.41 Å². The van der Waals surface area contributed by atoms with Crippen LogP contribution in [0.4, 0.5) is 4.79 Å². The van der Waals surface area contributed by atoms with Gasteiger partial charge in [-0.2, -0.15) is 0 Å². The average molecular weight is 367 g/mol. The monoisotopic (exact) mass is 367 g/mol. The molecule has 26 heavy (non-hydrogen) atoms. The average Bonchev–Trinajstić information content (AvgIpc) is 2.63. The van der Waals surface area contributed by atoms with Crippen molar-refractivity contribution in [2.45, 2.75) is 77.8 Å². The van der Waals surface area contributed by atoms with Crippen molar-refractivity contribution in [3.05, 3.63) is 0 Å². The second-order valence-electron chi connectivity index (χ2n) is 7.87. The van der Waals surface area contributed by atoms with E-state index in [1.807, 2.05) is 0 Å². The van der Waals surface area contributed by atoms with E-state index < -0.39 is 5.41 Å². The molecule has 1 aliphatic heterocycles. The molecule has 1 saturated carbocycles. The number of carbonyl (C=O) groups is 3. The predicted molar refractivity (Wildman–Crippen MR) is 98.6 cm³/mol. The van der Waals surface area contributed by atoms with Crippen LogP contribution in [0, 0.1) is 5.41 Å². The van der Waals surface area contributed by atoms with Gasteiger partial charge in [0.25, 0.3) is 0 Å². The van der Waals surface area contributed by atoms with Gasteiger partial charge < -0.3 is 20.3 Å². The molecule has 0 bridgehead atoms. The van der Waals surface area contributed by atoms with E-state index in [1.165, 1.54) is 6.42 Å². The summed E-state index contributed by atoms with van der Waals surface area (Å²) in [5.74, 6) is -0.453. The number of carbonyl (C=O) groups excluding carboxylic acids is 3.